The van der Waals surface area contributed by atoms with E-state index in [1.165, 1.54) is 167 Å². The van der Waals surface area contributed by atoms with Gasteiger partial charge in [-0.3, -0.25) is 14.4 Å². The van der Waals surface area contributed by atoms with E-state index in [4.69, 9.17) is 14.2 Å². The van der Waals surface area contributed by atoms with Crippen LogP contribution >= 0.6 is 0 Å². The minimum absolute atomic E-state index is 0.0824. The van der Waals surface area contributed by atoms with Gasteiger partial charge in [-0.15, -0.1) is 0 Å². The molecule has 0 amide bonds. The first kappa shape index (κ1) is 63.4. The van der Waals surface area contributed by atoms with Crippen molar-refractivity contribution >= 4 is 17.9 Å². The molecule has 0 saturated carbocycles. The molecule has 6 heteroatoms. The average molecular weight is 926 g/mol. The number of hydrogen-bond donors (Lipinski definition) is 0. The molecule has 1 atom stereocenters. The van der Waals surface area contributed by atoms with Gasteiger partial charge in [0.15, 0.2) is 6.10 Å². The van der Waals surface area contributed by atoms with E-state index in [9.17, 15) is 14.4 Å². The number of carbonyl (C=O) groups is 3. The van der Waals surface area contributed by atoms with E-state index in [2.05, 4.69) is 69.4 Å². The second-order valence-electron chi connectivity index (χ2n) is 19.2. The molecule has 0 N–H and O–H groups in total. The largest absolute Gasteiger partial charge is 0.462 e. The lowest BCUT2D eigenvalue weighted by Crippen LogP contribution is -2.30. The average Bonchev–Trinajstić information content (AvgIpc) is 3.31. The molecular weight excluding hydrogens is 817 g/mol. The molecule has 0 rings (SSSR count). The summed E-state index contributed by atoms with van der Waals surface area (Å²) in [5.41, 5.74) is 0. The first-order valence-electron chi connectivity index (χ1n) is 28.6. The maximum atomic E-state index is 12.8. The third-order valence-electron chi connectivity index (χ3n) is 12.5. The molecule has 0 bridgehead atoms. The van der Waals surface area contributed by atoms with Crippen molar-refractivity contribution in [2.24, 2.45) is 0 Å². The zero-order valence-corrected chi connectivity index (χ0v) is 44.0. The van der Waals surface area contributed by atoms with Crippen LogP contribution in [0, 0.1) is 0 Å². The van der Waals surface area contributed by atoms with E-state index in [1.54, 1.807) is 0 Å². The van der Waals surface area contributed by atoms with Crippen molar-refractivity contribution in [3.05, 3.63) is 48.6 Å². The van der Waals surface area contributed by atoms with E-state index < -0.39 is 6.10 Å². The monoisotopic (exact) mass is 925 g/mol. The molecule has 384 valence electrons. The SMILES string of the molecule is CCCCCC/C=C\C/C=C\CCCCCCCC(=O)OC(COC(=O)CCCCCCC/C=C\CCCCCCC)COC(=O)CCCCCCCCC/C=C\CCCCCCCCC. The zero-order chi connectivity index (χ0) is 47.9. The van der Waals surface area contributed by atoms with Crippen LogP contribution in [0.4, 0.5) is 0 Å². The number of ether oxygens (including phenoxy) is 3. The lowest BCUT2D eigenvalue weighted by molar-refractivity contribution is -0.167. The fraction of sp³-hybridized carbons (Fsp3) is 0.817. The van der Waals surface area contributed by atoms with Crippen LogP contribution in [-0.4, -0.2) is 37.2 Å². The molecule has 6 nitrogen and oxygen atoms in total. The van der Waals surface area contributed by atoms with Crippen LogP contribution in [0.3, 0.4) is 0 Å². The second kappa shape index (κ2) is 55.0. The molecule has 66 heavy (non-hydrogen) atoms. The van der Waals surface area contributed by atoms with Gasteiger partial charge in [-0.1, -0.05) is 223 Å². The molecule has 0 aromatic heterocycles. The highest BCUT2D eigenvalue weighted by Gasteiger charge is 2.19. The summed E-state index contributed by atoms with van der Waals surface area (Å²) in [6.45, 7) is 6.62. The first-order chi connectivity index (χ1) is 32.5. The van der Waals surface area contributed by atoms with Crippen molar-refractivity contribution in [1.82, 2.24) is 0 Å². The maximum Gasteiger partial charge on any atom is 0.306 e. The number of allylic oxidation sites excluding steroid dienone is 8. The Morgan fingerprint density at radius 1 is 0.303 bits per heavy atom. The standard InChI is InChI=1S/C60H108O6/c1-4-7-10-13-16-19-22-25-28-30-31-33-35-38-41-44-47-50-53-59(62)65-56-57(55-64-58(61)52-49-46-43-40-37-34-27-24-21-18-15-12-9-6-3)66-60(63)54-51-48-45-42-39-36-32-29-26-23-20-17-14-11-8-5-2/h20,23-24,27-30,32,57H,4-19,21-22,25-26,31,33-56H2,1-3H3/b23-20-,27-24-,30-28-,32-29-. The van der Waals surface area contributed by atoms with Crippen molar-refractivity contribution in [1.29, 1.82) is 0 Å². The predicted octanol–water partition coefficient (Wildman–Crippen LogP) is 19.0. The van der Waals surface area contributed by atoms with Crippen molar-refractivity contribution in [3.8, 4) is 0 Å². The highest BCUT2D eigenvalue weighted by Crippen LogP contribution is 2.15. The zero-order valence-electron chi connectivity index (χ0n) is 44.0. The summed E-state index contributed by atoms with van der Waals surface area (Å²) in [4.78, 5) is 38.1. The van der Waals surface area contributed by atoms with Gasteiger partial charge in [0.1, 0.15) is 13.2 Å². The summed E-state index contributed by atoms with van der Waals surface area (Å²) in [6, 6.07) is 0. The third kappa shape index (κ3) is 52.3. The summed E-state index contributed by atoms with van der Waals surface area (Å²) < 4.78 is 16.8. The number of unbranched alkanes of at least 4 members (excludes halogenated alkanes) is 33. The molecule has 0 aliphatic carbocycles. The highest BCUT2D eigenvalue weighted by molar-refractivity contribution is 5.71. The minimum atomic E-state index is -0.785. The Bertz CT molecular complexity index is 1150. The Kier molecular flexibility index (Phi) is 52.8. The van der Waals surface area contributed by atoms with Crippen LogP contribution in [0.2, 0.25) is 0 Å². The van der Waals surface area contributed by atoms with Gasteiger partial charge < -0.3 is 14.2 Å². The fourth-order valence-electron chi connectivity index (χ4n) is 8.17. The Morgan fingerprint density at radius 3 is 0.864 bits per heavy atom. The summed E-state index contributed by atoms with van der Waals surface area (Å²) in [5, 5.41) is 0. The van der Waals surface area contributed by atoms with Crippen molar-refractivity contribution in [2.75, 3.05) is 13.2 Å². The van der Waals surface area contributed by atoms with Crippen LogP contribution in [0.5, 0.6) is 0 Å². The maximum absolute atomic E-state index is 12.8. The lowest BCUT2D eigenvalue weighted by atomic mass is 10.1. The molecule has 0 saturated heterocycles. The second-order valence-corrected chi connectivity index (χ2v) is 19.2. The number of esters is 3. The first-order valence-corrected chi connectivity index (χ1v) is 28.6. The number of hydrogen-bond acceptors (Lipinski definition) is 6. The smallest absolute Gasteiger partial charge is 0.306 e. The summed E-state index contributed by atoms with van der Waals surface area (Å²) in [5.74, 6) is -0.897. The van der Waals surface area contributed by atoms with Gasteiger partial charge in [0.25, 0.3) is 0 Å². The Labute approximate surface area is 409 Å². The fourth-order valence-corrected chi connectivity index (χ4v) is 8.17. The number of rotatable bonds is 52. The molecule has 0 aliphatic rings. The Balaban J connectivity index is 4.39. The molecular formula is C60H108O6. The van der Waals surface area contributed by atoms with Gasteiger partial charge in [0, 0.05) is 19.3 Å². The molecule has 0 aromatic rings. The summed E-state index contributed by atoms with van der Waals surface area (Å²) >= 11 is 0. The summed E-state index contributed by atoms with van der Waals surface area (Å²) in [6.07, 6.45) is 66.6. The lowest BCUT2D eigenvalue weighted by Gasteiger charge is -2.18. The van der Waals surface area contributed by atoms with Crippen LogP contribution in [0.1, 0.15) is 297 Å². The predicted molar refractivity (Wildman–Crippen MR) is 284 cm³/mol. The molecule has 0 aromatic carbocycles. The van der Waals surface area contributed by atoms with Crippen molar-refractivity contribution in [3.63, 3.8) is 0 Å². The van der Waals surface area contributed by atoms with Crippen LogP contribution in [-0.2, 0) is 28.6 Å². The summed E-state index contributed by atoms with van der Waals surface area (Å²) in [7, 11) is 0. The third-order valence-corrected chi connectivity index (χ3v) is 12.5. The van der Waals surface area contributed by atoms with Gasteiger partial charge in [0.05, 0.1) is 0 Å². The molecule has 0 aliphatic heterocycles. The van der Waals surface area contributed by atoms with Crippen molar-refractivity contribution in [2.45, 2.75) is 303 Å². The van der Waals surface area contributed by atoms with Crippen LogP contribution < -0.4 is 0 Å². The topological polar surface area (TPSA) is 78.9 Å². The van der Waals surface area contributed by atoms with Gasteiger partial charge in [-0.2, -0.15) is 0 Å². The van der Waals surface area contributed by atoms with Crippen molar-refractivity contribution < 1.29 is 28.6 Å². The molecule has 1 unspecified atom stereocenters. The normalized spacial score (nSPS) is 12.3. The van der Waals surface area contributed by atoms with Gasteiger partial charge >= 0.3 is 17.9 Å². The highest BCUT2D eigenvalue weighted by atomic mass is 16.6. The minimum Gasteiger partial charge on any atom is -0.462 e. The van der Waals surface area contributed by atoms with E-state index in [0.717, 1.165) is 89.9 Å². The van der Waals surface area contributed by atoms with Gasteiger partial charge in [-0.25, -0.2) is 0 Å². The van der Waals surface area contributed by atoms with E-state index in [0.29, 0.717) is 19.3 Å². The Morgan fingerprint density at radius 2 is 0.545 bits per heavy atom. The van der Waals surface area contributed by atoms with Crippen LogP contribution in [0.15, 0.2) is 48.6 Å². The molecule has 0 heterocycles. The quantitative estimate of drug-likeness (QED) is 0.0262. The van der Waals surface area contributed by atoms with Crippen LogP contribution in [0.25, 0.3) is 0 Å². The van der Waals surface area contributed by atoms with Gasteiger partial charge in [-0.05, 0) is 103 Å². The molecule has 0 fully saturated rings. The van der Waals surface area contributed by atoms with E-state index in [1.807, 2.05) is 0 Å². The van der Waals surface area contributed by atoms with Gasteiger partial charge in [0.2, 0.25) is 0 Å². The molecule has 0 spiro atoms. The molecule has 0 radical (unpaired) electrons. The van der Waals surface area contributed by atoms with E-state index >= 15 is 0 Å². The van der Waals surface area contributed by atoms with E-state index in [-0.39, 0.29) is 31.1 Å². The Hall–Kier alpha value is -2.63. The number of carbonyl (C=O) groups excluding carboxylic acids is 3.